The highest BCUT2D eigenvalue weighted by Gasteiger charge is 2.48. The fourth-order valence-corrected chi connectivity index (χ4v) is 7.34. The second kappa shape index (κ2) is 9.76. The highest BCUT2D eigenvalue weighted by Crippen LogP contribution is 2.59. The van der Waals surface area contributed by atoms with Gasteiger partial charge in [-0.25, -0.2) is 4.98 Å². The molecule has 0 aliphatic heterocycles. The van der Waals surface area contributed by atoms with E-state index in [9.17, 15) is 5.11 Å². The zero-order valence-electron chi connectivity index (χ0n) is 22.7. The summed E-state index contributed by atoms with van der Waals surface area (Å²) in [5.74, 6) is 1.30. The molecule has 0 saturated heterocycles. The lowest BCUT2D eigenvalue weighted by Gasteiger charge is -2.37. The quantitative estimate of drug-likeness (QED) is 0.202. The van der Waals surface area contributed by atoms with Crippen molar-refractivity contribution in [2.24, 2.45) is 5.92 Å². The number of halogens is 1. The third-order valence-corrected chi connectivity index (χ3v) is 9.44. The smallest absolute Gasteiger partial charge is 0.121 e. The summed E-state index contributed by atoms with van der Waals surface area (Å²) in [6.07, 6.45) is 7.63. The first-order valence-corrected chi connectivity index (χ1v) is 14.6. The van der Waals surface area contributed by atoms with Crippen LogP contribution in [0.3, 0.4) is 0 Å². The Labute approximate surface area is 241 Å². The summed E-state index contributed by atoms with van der Waals surface area (Å²) in [6.45, 7) is 1.94. The van der Waals surface area contributed by atoms with Crippen LogP contribution in [0.1, 0.15) is 64.8 Å². The third kappa shape index (κ3) is 4.11. The first-order chi connectivity index (χ1) is 19.5. The molecule has 3 unspecified atom stereocenters. The zero-order chi connectivity index (χ0) is 27.3. The highest BCUT2D eigenvalue weighted by atomic mass is 35.5. The van der Waals surface area contributed by atoms with Crippen LogP contribution in [-0.2, 0) is 24.0 Å². The normalized spacial score (nSPS) is 19.1. The molecule has 1 heterocycles. The highest BCUT2D eigenvalue weighted by molar-refractivity contribution is 6.31. The minimum absolute atomic E-state index is 0.586. The van der Waals surface area contributed by atoms with Crippen LogP contribution in [0.4, 0.5) is 0 Å². The first-order valence-electron chi connectivity index (χ1n) is 14.2. The fraction of sp³-hybridized carbons (Fsp3) is 0.250. The number of imidazole rings is 1. The number of aryl methyl sites for hydroxylation is 1. The van der Waals surface area contributed by atoms with Gasteiger partial charge in [0.1, 0.15) is 5.54 Å². The maximum Gasteiger partial charge on any atom is 0.121 e. The Kier molecular flexibility index (Phi) is 6.18. The Morgan fingerprint density at radius 3 is 2.00 bits per heavy atom. The van der Waals surface area contributed by atoms with Gasteiger partial charge in [0.25, 0.3) is 0 Å². The van der Waals surface area contributed by atoms with Crippen molar-refractivity contribution in [1.82, 2.24) is 9.55 Å². The van der Waals surface area contributed by atoms with E-state index in [2.05, 4.69) is 102 Å². The molecule has 1 fully saturated rings. The van der Waals surface area contributed by atoms with Gasteiger partial charge in [0, 0.05) is 11.2 Å². The average molecular weight is 545 g/mol. The summed E-state index contributed by atoms with van der Waals surface area (Å²) < 4.78 is 2.24. The van der Waals surface area contributed by atoms with E-state index in [1.807, 2.05) is 25.4 Å². The van der Waals surface area contributed by atoms with Crippen molar-refractivity contribution in [2.75, 3.05) is 0 Å². The number of benzene rings is 4. The van der Waals surface area contributed by atoms with Gasteiger partial charge >= 0.3 is 0 Å². The van der Waals surface area contributed by atoms with Gasteiger partial charge in [-0.1, -0.05) is 109 Å². The van der Waals surface area contributed by atoms with Crippen LogP contribution in [-0.4, -0.2) is 14.7 Å². The van der Waals surface area contributed by atoms with Crippen LogP contribution in [0.15, 0.2) is 116 Å². The largest absolute Gasteiger partial charge is 0.385 e. The molecule has 2 aliphatic rings. The predicted molar refractivity (Wildman–Crippen MR) is 161 cm³/mol. The van der Waals surface area contributed by atoms with Crippen LogP contribution in [0.2, 0.25) is 5.02 Å². The van der Waals surface area contributed by atoms with E-state index < -0.39 is 11.1 Å². The van der Waals surface area contributed by atoms with Gasteiger partial charge in [-0.3, -0.25) is 0 Å². The van der Waals surface area contributed by atoms with Gasteiger partial charge in [0.2, 0.25) is 0 Å². The van der Waals surface area contributed by atoms with Crippen molar-refractivity contribution < 1.29 is 5.11 Å². The van der Waals surface area contributed by atoms with Crippen molar-refractivity contribution >= 4 is 11.6 Å². The maximum absolute atomic E-state index is 11.7. The summed E-state index contributed by atoms with van der Waals surface area (Å²) in [5, 5.41) is 12.6. The molecule has 5 aromatic rings. The van der Waals surface area contributed by atoms with Crippen LogP contribution in [0, 0.1) is 5.92 Å². The summed E-state index contributed by atoms with van der Waals surface area (Å²) in [4.78, 5) is 4.89. The SMILES string of the molecule is CC(O)(CCc1cn(C(c2ccccc2)(c2ccccc2)c2ccccc2)cn1)c1ccc(Cl)c2c1CC1CC21. The summed E-state index contributed by atoms with van der Waals surface area (Å²) in [7, 11) is 0. The predicted octanol–water partition coefficient (Wildman–Crippen LogP) is 7.88. The molecule has 3 atom stereocenters. The number of nitrogens with zero attached hydrogens (tertiary/aromatic N) is 2. The number of hydrogen-bond donors (Lipinski definition) is 1. The zero-order valence-corrected chi connectivity index (χ0v) is 23.4. The minimum Gasteiger partial charge on any atom is -0.385 e. The third-order valence-electron chi connectivity index (χ3n) is 9.11. The van der Waals surface area contributed by atoms with Crippen LogP contribution in [0.25, 0.3) is 0 Å². The number of hydrogen-bond acceptors (Lipinski definition) is 2. The Morgan fingerprint density at radius 1 is 0.850 bits per heavy atom. The average Bonchev–Trinajstić information content (AvgIpc) is 3.39. The van der Waals surface area contributed by atoms with Crippen LogP contribution < -0.4 is 0 Å². The molecule has 1 aromatic heterocycles. The summed E-state index contributed by atoms with van der Waals surface area (Å²) in [5.41, 5.74) is 6.51. The van der Waals surface area contributed by atoms with E-state index in [1.54, 1.807) is 0 Å². The molecule has 3 nitrogen and oxygen atoms in total. The van der Waals surface area contributed by atoms with Gasteiger partial charge in [-0.05, 0) is 83.9 Å². The van der Waals surface area contributed by atoms with Gasteiger partial charge < -0.3 is 9.67 Å². The standard InChI is InChI=1S/C36H33ClN2O/c1-35(40,32-17-18-33(37)34-30-21-25(30)22-31(32)34)20-19-29-23-39(24-38-29)36(26-11-5-2-6-12-26,27-13-7-3-8-14-27)28-15-9-4-10-16-28/h2-18,23-25,30,40H,19-22H2,1H3. The lowest BCUT2D eigenvalue weighted by Crippen LogP contribution is -2.36. The molecule has 2 aliphatic carbocycles. The minimum atomic E-state index is -0.954. The number of fused-ring (bicyclic) bond motifs is 3. The molecule has 0 bridgehead atoms. The topological polar surface area (TPSA) is 38.0 Å². The van der Waals surface area contributed by atoms with Crippen LogP contribution >= 0.6 is 11.6 Å². The van der Waals surface area contributed by atoms with Crippen LogP contribution in [0.5, 0.6) is 0 Å². The number of aliphatic hydroxyl groups is 1. The molecule has 40 heavy (non-hydrogen) atoms. The molecule has 7 rings (SSSR count). The summed E-state index contributed by atoms with van der Waals surface area (Å²) in [6, 6.07) is 35.9. The second-order valence-electron chi connectivity index (χ2n) is 11.6. The first kappa shape index (κ1) is 25.3. The molecule has 4 aromatic carbocycles. The lowest BCUT2D eigenvalue weighted by atomic mass is 9.77. The number of aromatic nitrogens is 2. The molecule has 4 heteroatoms. The van der Waals surface area contributed by atoms with E-state index >= 15 is 0 Å². The van der Waals surface area contributed by atoms with Crippen molar-refractivity contribution in [1.29, 1.82) is 0 Å². The molecule has 0 radical (unpaired) electrons. The Bertz CT molecular complexity index is 1550. The maximum atomic E-state index is 11.7. The van der Waals surface area contributed by atoms with Crippen molar-refractivity contribution in [3.63, 3.8) is 0 Å². The van der Waals surface area contributed by atoms with E-state index in [4.69, 9.17) is 16.6 Å². The molecule has 1 saturated carbocycles. The van der Waals surface area contributed by atoms with Crippen molar-refractivity contribution in [3.8, 4) is 0 Å². The molecule has 0 spiro atoms. The molecule has 0 amide bonds. The molecular formula is C36H33ClN2O. The Morgan fingerprint density at radius 2 is 1.43 bits per heavy atom. The number of rotatable bonds is 8. The monoisotopic (exact) mass is 544 g/mol. The van der Waals surface area contributed by atoms with Gasteiger partial charge in [0.05, 0.1) is 17.6 Å². The van der Waals surface area contributed by atoms with E-state index in [1.165, 1.54) is 34.2 Å². The van der Waals surface area contributed by atoms with E-state index in [0.717, 1.165) is 22.7 Å². The Hall–Kier alpha value is -3.66. The molecule has 200 valence electrons. The van der Waals surface area contributed by atoms with Gasteiger partial charge in [0.15, 0.2) is 0 Å². The lowest BCUT2D eigenvalue weighted by molar-refractivity contribution is 0.0469. The van der Waals surface area contributed by atoms with Gasteiger partial charge in [-0.2, -0.15) is 0 Å². The van der Waals surface area contributed by atoms with E-state index in [0.29, 0.717) is 24.7 Å². The fourth-order valence-electron chi connectivity index (χ4n) is 7.02. The van der Waals surface area contributed by atoms with Crippen molar-refractivity contribution in [3.05, 3.63) is 160 Å². The summed E-state index contributed by atoms with van der Waals surface area (Å²) >= 11 is 6.59. The Balaban J connectivity index is 1.26. The second-order valence-corrected chi connectivity index (χ2v) is 12.1. The van der Waals surface area contributed by atoms with Crippen molar-refractivity contribution in [2.45, 2.75) is 49.7 Å². The van der Waals surface area contributed by atoms with E-state index in [-0.39, 0.29) is 0 Å². The molecule has 1 N–H and O–H groups in total. The molecular weight excluding hydrogens is 512 g/mol. The van der Waals surface area contributed by atoms with Gasteiger partial charge in [-0.15, -0.1) is 0 Å².